The molecule has 0 aliphatic heterocycles. The summed E-state index contributed by atoms with van der Waals surface area (Å²) < 4.78 is 24.6. The van der Waals surface area contributed by atoms with Crippen molar-refractivity contribution in [3.05, 3.63) is 88.7 Å². The fraction of sp³-hybridized carbons (Fsp3) is 0.182. The molecule has 3 rings (SSSR count). The molecule has 0 amide bonds. The van der Waals surface area contributed by atoms with E-state index in [0.717, 1.165) is 16.8 Å². The molecule has 0 aromatic heterocycles. The molecule has 0 heterocycles. The lowest BCUT2D eigenvalue weighted by Crippen LogP contribution is -2.03. The standard InChI is InChI=1S/C22H21ClFNO2/c1-2-26-22-13-17(14-25-20-6-4-3-5-19(20)23)9-12-21(22)27-15-16-7-10-18(24)11-8-16/h3-13,25H,2,14-15H2,1H3. The zero-order valence-corrected chi connectivity index (χ0v) is 15.8. The summed E-state index contributed by atoms with van der Waals surface area (Å²) in [5.41, 5.74) is 2.82. The highest BCUT2D eigenvalue weighted by Crippen LogP contribution is 2.30. The van der Waals surface area contributed by atoms with E-state index in [2.05, 4.69) is 5.32 Å². The Morgan fingerprint density at radius 2 is 1.63 bits per heavy atom. The zero-order valence-electron chi connectivity index (χ0n) is 15.0. The van der Waals surface area contributed by atoms with Crippen LogP contribution in [0.15, 0.2) is 66.7 Å². The van der Waals surface area contributed by atoms with Crippen LogP contribution in [0, 0.1) is 5.82 Å². The van der Waals surface area contributed by atoms with Crippen LogP contribution in [0.4, 0.5) is 10.1 Å². The van der Waals surface area contributed by atoms with Crippen molar-refractivity contribution in [2.24, 2.45) is 0 Å². The van der Waals surface area contributed by atoms with E-state index in [-0.39, 0.29) is 5.82 Å². The molecule has 0 fully saturated rings. The van der Waals surface area contributed by atoms with Crippen LogP contribution in [0.3, 0.4) is 0 Å². The largest absolute Gasteiger partial charge is 0.490 e. The lowest BCUT2D eigenvalue weighted by molar-refractivity contribution is 0.269. The number of anilines is 1. The first-order valence-electron chi connectivity index (χ1n) is 8.77. The van der Waals surface area contributed by atoms with Gasteiger partial charge < -0.3 is 14.8 Å². The molecule has 0 aliphatic rings. The molecule has 0 unspecified atom stereocenters. The maximum Gasteiger partial charge on any atom is 0.161 e. The van der Waals surface area contributed by atoms with E-state index in [1.165, 1.54) is 12.1 Å². The van der Waals surface area contributed by atoms with Gasteiger partial charge in [0.25, 0.3) is 0 Å². The third kappa shape index (κ3) is 5.38. The van der Waals surface area contributed by atoms with E-state index in [1.54, 1.807) is 12.1 Å². The van der Waals surface area contributed by atoms with Gasteiger partial charge in [-0.3, -0.25) is 0 Å². The average Bonchev–Trinajstić information content (AvgIpc) is 2.68. The van der Waals surface area contributed by atoms with Gasteiger partial charge in [-0.2, -0.15) is 0 Å². The molecular weight excluding hydrogens is 365 g/mol. The molecule has 0 bridgehead atoms. The molecule has 0 spiro atoms. The van der Waals surface area contributed by atoms with E-state index in [1.807, 2.05) is 49.4 Å². The Bertz CT molecular complexity index is 884. The smallest absolute Gasteiger partial charge is 0.161 e. The Balaban J connectivity index is 1.68. The molecule has 0 saturated heterocycles. The van der Waals surface area contributed by atoms with Crippen LogP contribution in [-0.2, 0) is 13.2 Å². The van der Waals surface area contributed by atoms with Crippen molar-refractivity contribution in [1.82, 2.24) is 0 Å². The van der Waals surface area contributed by atoms with E-state index in [9.17, 15) is 4.39 Å². The maximum absolute atomic E-state index is 13.0. The Labute approximate surface area is 163 Å². The van der Waals surface area contributed by atoms with Gasteiger partial charge in [0.1, 0.15) is 12.4 Å². The highest BCUT2D eigenvalue weighted by molar-refractivity contribution is 6.33. The van der Waals surface area contributed by atoms with E-state index in [4.69, 9.17) is 21.1 Å². The van der Waals surface area contributed by atoms with E-state index in [0.29, 0.717) is 36.3 Å². The van der Waals surface area contributed by atoms with Crippen molar-refractivity contribution in [2.75, 3.05) is 11.9 Å². The first kappa shape index (κ1) is 19.1. The summed E-state index contributed by atoms with van der Waals surface area (Å²) in [6, 6.07) is 19.7. The third-order valence-electron chi connectivity index (χ3n) is 3.97. The molecule has 0 atom stereocenters. The van der Waals surface area contributed by atoms with Gasteiger partial charge in [0, 0.05) is 6.54 Å². The van der Waals surface area contributed by atoms with Crippen molar-refractivity contribution in [3.63, 3.8) is 0 Å². The number of halogens is 2. The second-order valence-corrected chi connectivity index (χ2v) is 6.37. The third-order valence-corrected chi connectivity index (χ3v) is 4.30. The molecule has 1 N–H and O–H groups in total. The molecule has 3 aromatic rings. The summed E-state index contributed by atoms with van der Waals surface area (Å²) >= 11 is 6.18. The Kier molecular flexibility index (Phi) is 6.55. The fourth-order valence-corrected chi connectivity index (χ4v) is 2.80. The molecule has 5 heteroatoms. The molecule has 0 aliphatic carbocycles. The highest BCUT2D eigenvalue weighted by Gasteiger charge is 2.08. The van der Waals surface area contributed by atoms with Crippen LogP contribution in [-0.4, -0.2) is 6.61 Å². The lowest BCUT2D eigenvalue weighted by atomic mass is 10.2. The second kappa shape index (κ2) is 9.28. The first-order valence-corrected chi connectivity index (χ1v) is 9.15. The Hall–Kier alpha value is -2.72. The molecule has 0 radical (unpaired) electrons. The number of hydrogen-bond donors (Lipinski definition) is 1. The summed E-state index contributed by atoms with van der Waals surface area (Å²) in [4.78, 5) is 0. The van der Waals surface area contributed by atoms with E-state index < -0.39 is 0 Å². The summed E-state index contributed by atoms with van der Waals surface area (Å²) in [6.45, 7) is 3.42. The Morgan fingerprint density at radius 1 is 0.889 bits per heavy atom. The van der Waals surface area contributed by atoms with Gasteiger partial charge in [0.15, 0.2) is 11.5 Å². The number of rotatable bonds is 8. The minimum atomic E-state index is -0.260. The van der Waals surface area contributed by atoms with Gasteiger partial charge >= 0.3 is 0 Å². The van der Waals surface area contributed by atoms with Crippen LogP contribution in [0.5, 0.6) is 11.5 Å². The van der Waals surface area contributed by atoms with Crippen LogP contribution < -0.4 is 14.8 Å². The number of nitrogens with one attached hydrogen (secondary N) is 1. The minimum absolute atomic E-state index is 0.260. The van der Waals surface area contributed by atoms with Crippen molar-refractivity contribution in [2.45, 2.75) is 20.1 Å². The summed E-state index contributed by atoms with van der Waals surface area (Å²) in [6.07, 6.45) is 0. The number of ether oxygens (including phenoxy) is 2. The maximum atomic E-state index is 13.0. The second-order valence-electron chi connectivity index (χ2n) is 5.96. The molecule has 140 valence electrons. The van der Waals surface area contributed by atoms with Crippen LogP contribution in [0.2, 0.25) is 5.02 Å². The first-order chi connectivity index (χ1) is 13.2. The van der Waals surface area contributed by atoms with Crippen LogP contribution in [0.1, 0.15) is 18.1 Å². The topological polar surface area (TPSA) is 30.5 Å². The quantitative estimate of drug-likeness (QED) is 0.510. The monoisotopic (exact) mass is 385 g/mol. The molecule has 3 aromatic carbocycles. The molecule has 0 saturated carbocycles. The van der Waals surface area contributed by atoms with Crippen LogP contribution in [0.25, 0.3) is 0 Å². The van der Waals surface area contributed by atoms with Gasteiger partial charge in [0.05, 0.1) is 17.3 Å². The predicted octanol–water partition coefficient (Wildman–Crippen LogP) is 6.07. The number of hydrogen-bond acceptors (Lipinski definition) is 3. The minimum Gasteiger partial charge on any atom is -0.490 e. The van der Waals surface area contributed by atoms with Gasteiger partial charge in [-0.15, -0.1) is 0 Å². The van der Waals surface area contributed by atoms with Gasteiger partial charge in [0.2, 0.25) is 0 Å². The summed E-state index contributed by atoms with van der Waals surface area (Å²) in [7, 11) is 0. The summed E-state index contributed by atoms with van der Waals surface area (Å²) in [5.74, 6) is 1.07. The van der Waals surface area contributed by atoms with Gasteiger partial charge in [-0.25, -0.2) is 4.39 Å². The lowest BCUT2D eigenvalue weighted by Gasteiger charge is -2.14. The number of benzene rings is 3. The highest BCUT2D eigenvalue weighted by atomic mass is 35.5. The van der Waals surface area contributed by atoms with Crippen molar-refractivity contribution < 1.29 is 13.9 Å². The fourth-order valence-electron chi connectivity index (χ4n) is 2.59. The van der Waals surface area contributed by atoms with Gasteiger partial charge in [-0.1, -0.05) is 41.9 Å². The normalized spacial score (nSPS) is 10.5. The summed E-state index contributed by atoms with van der Waals surface area (Å²) in [5, 5.41) is 4.00. The van der Waals surface area contributed by atoms with Gasteiger partial charge in [-0.05, 0) is 54.4 Å². The SMILES string of the molecule is CCOc1cc(CNc2ccccc2Cl)ccc1OCc1ccc(F)cc1. The Morgan fingerprint density at radius 3 is 2.37 bits per heavy atom. The molecule has 3 nitrogen and oxygen atoms in total. The van der Waals surface area contributed by atoms with Crippen molar-refractivity contribution >= 4 is 17.3 Å². The number of para-hydroxylation sites is 1. The van der Waals surface area contributed by atoms with E-state index >= 15 is 0 Å². The average molecular weight is 386 g/mol. The molecular formula is C22H21ClFNO2. The zero-order chi connectivity index (χ0) is 19.1. The predicted molar refractivity (Wildman–Crippen MR) is 107 cm³/mol. The van der Waals surface area contributed by atoms with Crippen LogP contribution >= 0.6 is 11.6 Å². The van der Waals surface area contributed by atoms with Crippen molar-refractivity contribution in [1.29, 1.82) is 0 Å². The van der Waals surface area contributed by atoms with Crippen molar-refractivity contribution in [3.8, 4) is 11.5 Å². The molecule has 27 heavy (non-hydrogen) atoms.